The van der Waals surface area contributed by atoms with Crippen LogP contribution in [0.25, 0.3) is 0 Å². The number of hydrogen-bond acceptors (Lipinski definition) is 6. The Kier molecular flexibility index (Phi) is 4.42. The average molecular weight is 336 g/mol. The Hall–Kier alpha value is -1.83. The molecule has 0 spiro atoms. The van der Waals surface area contributed by atoms with Crippen LogP contribution in [0.3, 0.4) is 0 Å². The SMILES string of the molecule is COc1ccc(CN2C(=O)[C@@H](N)[C@H]2[C@H]2COC(C)(C)O2)cc1OC. The van der Waals surface area contributed by atoms with Gasteiger partial charge < -0.3 is 29.6 Å². The first-order chi connectivity index (χ1) is 11.4. The van der Waals surface area contributed by atoms with Gasteiger partial charge in [0.05, 0.1) is 26.9 Å². The largest absolute Gasteiger partial charge is 0.493 e. The van der Waals surface area contributed by atoms with Crippen LogP contribution < -0.4 is 15.2 Å². The Morgan fingerprint density at radius 2 is 2.00 bits per heavy atom. The fraction of sp³-hybridized carbons (Fsp3) is 0.588. The monoisotopic (exact) mass is 336 g/mol. The van der Waals surface area contributed by atoms with Gasteiger partial charge in [0.25, 0.3) is 0 Å². The highest BCUT2D eigenvalue weighted by Crippen LogP contribution is 2.34. The third-order valence-electron chi connectivity index (χ3n) is 4.51. The van der Waals surface area contributed by atoms with Crippen LogP contribution in [0, 0.1) is 0 Å². The summed E-state index contributed by atoms with van der Waals surface area (Å²) in [6.45, 7) is 4.59. The molecule has 1 amide bonds. The molecule has 0 aromatic heterocycles. The third-order valence-corrected chi connectivity index (χ3v) is 4.51. The predicted octanol–water partition coefficient (Wildman–Crippen LogP) is 0.893. The number of hydrogen-bond donors (Lipinski definition) is 1. The summed E-state index contributed by atoms with van der Waals surface area (Å²) >= 11 is 0. The number of rotatable bonds is 5. The lowest BCUT2D eigenvalue weighted by molar-refractivity contribution is -0.172. The number of nitrogens with two attached hydrogens (primary N) is 1. The van der Waals surface area contributed by atoms with E-state index in [2.05, 4.69) is 0 Å². The summed E-state index contributed by atoms with van der Waals surface area (Å²) in [6, 6.07) is 4.86. The molecule has 2 N–H and O–H groups in total. The normalized spacial score (nSPS) is 28.6. The first kappa shape index (κ1) is 17.0. The van der Waals surface area contributed by atoms with Crippen molar-refractivity contribution < 1.29 is 23.7 Å². The Morgan fingerprint density at radius 1 is 1.29 bits per heavy atom. The molecule has 0 bridgehead atoms. The minimum absolute atomic E-state index is 0.0805. The second kappa shape index (κ2) is 6.23. The molecule has 2 heterocycles. The zero-order valence-electron chi connectivity index (χ0n) is 14.4. The molecule has 2 saturated heterocycles. The fourth-order valence-corrected chi connectivity index (χ4v) is 3.27. The van der Waals surface area contributed by atoms with E-state index >= 15 is 0 Å². The number of benzene rings is 1. The van der Waals surface area contributed by atoms with Crippen LogP contribution in [0.15, 0.2) is 18.2 Å². The molecule has 3 rings (SSSR count). The minimum Gasteiger partial charge on any atom is -0.493 e. The van der Waals surface area contributed by atoms with Crippen LogP contribution in [0.1, 0.15) is 19.4 Å². The quantitative estimate of drug-likeness (QED) is 0.804. The Labute approximate surface area is 141 Å². The van der Waals surface area contributed by atoms with Gasteiger partial charge in [0, 0.05) is 6.54 Å². The van der Waals surface area contributed by atoms with Crippen LogP contribution in [-0.2, 0) is 20.8 Å². The first-order valence-corrected chi connectivity index (χ1v) is 7.95. The molecule has 2 fully saturated rings. The van der Waals surface area contributed by atoms with Crippen molar-refractivity contribution in [1.82, 2.24) is 4.90 Å². The van der Waals surface area contributed by atoms with Crippen molar-refractivity contribution in [2.75, 3.05) is 20.8 Å². The molecule has 24 heavy (non-hydrogen) atoms. The highest BCUT2D eigenvalue weighted by molar-refractivity contribution is 5.89. The average Bonchev–Trinajstić information content (AvgIpc) is 2.92. The van der Waals surface area contributed by atoms with Crippen molar-refractivity contribution in [2.45, 2.75) is 44.4 Å². The van der Waals surface area contributed by atoms with Gasteiger partial charge in [-0.15, -0.1) is 0 Å². The molecule has 0 aliphatic carbocycles. The van der Waals surface area contributed by atoms with Gasteiger partial charge in [-0.3, -0.25) is 4.79 Å². The Balaban J connectivity index is 1.75. The van der Waals surface area contributed by atoms with Gasteiger partial charge in [0.15, 0.2) is 17.3 Å². The van der Waals surface area contributed by atoms with Crippen LogP contribution in [0.4, 0.5) is 0 Å². The summed E-state index contributed by atoms with van der Waals surface area (Å²) in [5.41, 5.74) is 6.95. The lowest BCUT2D eigenvalue weighted by atomic mass is 9.90. The summed E-state index contributed by atoms with van der Waals surface area (Å²) in [5, 5.41) is 0. The van der Waals surface area contributed by atoms with E-state index in [0.717, 1.165) is 5.56 Å². The van der Waals surface area contributed by atoms with E-state index in [0.29, 0.717) is 24.7 Å². The van der Waals surface area contributed by atoms with Gasteiger partial charge in [-0.1, -0.05) is 6.07 Å². The molecular formula is C17H24N2O5. The molecule has 1 aromatic carbocycles. The molecule has 0 saturated carbocycles. The van der Waals surface area contributed by atoms with Gasteiger partial charge in [0.2, 0.25) is 5.91 Å². The van der Waals surface area contributed by atoms with Gasteiger partial charge in [0.1, 0.15) is 12.1 Å². The highest BCUT2D eigenvalue weighted by Gasteiger charge is 2.52. The van der Waals surface area contributed by atoms with Crippen molar-refractivity contribution in [3.05, 3.63) is 23.8 Å². The van der Waals surface area contributed by atoms with E-state index in [1.807, 2.05) is 32.0 Å². The van der Waals surface area contributed by atoms with E-state index in [1.54, 1.807) is 19.1 Å². The smallest absolute Gasteiger partial charge is 0.242 e. The maximum Gasteiger partial charge on any atom is 0.242 e. The highest BCUT2D eigenvalue weighted by atomic mass is 16.7. The summed E-state index contributed by atoms with van der Waals surface area (Å²) in [4.78, 5) is 14.0. The second-order valence-electron chi connectivity index (χ2n) is 6.54. The van der Waals surface area contributed by atoms with Crippen LogP contribution >= 0.6 is 0 Å². The summed E-state index contributed by atoms with van der Waals surface area (Å²) in [7, 11) is 3.17. The van der Waals surface area contributed by atoms with E-state index in [1.165, 1.54) is 0 Å². The Morgan fingerprint density at radius 3 is 2.58 bits per heavy atom. The Bertz CT molecular complexity index is 633. The maximum atomic E-state index is 12.2. The number of carbonyl (C=O) groups excluding carboxylic acids is 1. The van der Waals surface area contributed by atoms with Crippen molar-refractivity contribution >= 4 is 5.91 Å². The van der Waals surface area contributed by atoms with Crippen molar-refractivity contribution in [2.24, 2.45) is 5.73 Å². The molecule has 2 aliphatic heterocycles. The number of β-lactam (4-membered cyclic amide) rings is 1. The van der Waals surface area contributed by atoms with Crippen LogP contribution in [-0.4, -0.2) is 55.6 Å². The maximum absolute atomic E-state index is 12.2. The van der Waals surface area contributed by atoms with Crippen molar-refractivity contribution in [3.8, 4) is 11.5 Å². The lowest BCUT2D eigenvalue weighted by Crippen LogP contribution is -2.72. The number of nitrogens with zero attached hydrogens (tertiary/aromatic N) is 1. The molecular weight excluding hydrogens is 312 g/mol. The minimum atomic E-state index is -0.641. The van der Waals surface area contributed by atoms with E-state index in [-0.39, 0.29) is 18.1 Å². The van der Waals surface area contributed by atoms with E-state index in [4.69, 9.17) is 24.7 Å². The number of methoxy groups -OCH3 is 2. The van der Waals surface area contributed by atoms with Crippen molar-refractivity contribution in [3.63, 3.8) is 0 Å². The molecule has 0 radical (unpaired) electrons. The molecule has 2 aliphatic rings. The van der Waals surface area contributed by atoms with Gasteiger partial charge in [-0.25, -0.2) is 0 Å². The molecule has 0 unspecified atom stereocenters. The standard InChI is InChI=1S/C17H24N2O5/c1-17(2)23-9-13(24-17)15-14(18)16(20)19(15)8-10-5-6-11(21-3)12(7-10)22-4/h5-7,13-15H,8-9,18H2,1-4H3/t13-,14+,15-/m1/s1. The lowest BCUT2D eigenvalue weighted by Gasteiger charge is -2.47. The third kappa shape index (κ3) is 2.94. The summed E-state index contributed by atoms with van der Waals surface area (Å²) in [6.07, 6.45) is -0.215. The van der Waals surface area contributed by atoms with Gasteiger partial charge in [-0.2, -0.15) is 0 Å². The topological polar surface area (TPSA) is 83.3 Å². The van der Waals surface area contributed by atoms with Gasteiger partial charge >= 0.3 is 0 Å². The molecule has 7 nitrogen and oxygen atoms in total. The molecule has 3 atom stereocenters. The zero-order chi connectivity index (χ0) is 17.5. The summed E-state index contributed by atoms with van der Waals surface area (Å²) < 4.78 is 22.0. The number of likely N-dealkylation sites (tertiary alicyclic amines) is 1. The molecule has 7 heteroatoms. The van der Waals surface area contributed by atoms with Gasteiger partial charge in [-0.05, 0) is 31.5 Å². The van der Waals surface area contributed by atoms with Crippen molar-refractivity contribution in [1.29, 1.82) is 0 Å². The summed E-state index contributed by atoms with van der Waals surface area (Å²) in [5.74, 6) is 0.560. The van der Waals surface area contributed by atoms with E-state index in [9.17, 15) is 4.79 Å². The fourth-order valence-electron chi connectivity index (χ4n) is 3.27. The molecule has 132 valence electrons. The predicted molar refractivity (Wildman–Crippen MR) is 86.8 cm³/mol. The van der Waals surface area contributed by atoms with E-state index < -0.39 is 11.8 Å². The first-order valence-electron chi connectivity index (χ1n) is 7.95. The number of amides is 1. The van der Waals surface area contributed by atoms with Crippen LogP contribution in [0.5, 0.6) is 11.5 Å². The molecule has 1 aromatic rings. The zero-order valence-corrected chi connectivity index (χ0v) is 14.4. The van der Waals surface area contributed by atoms with Crippen LogP contribution in [0.2, 0.25) is 0 Å². The second-order valence-corrected chi connectivity index (χ2v) is 6.54. The number of carbonyl (C=O) groups is 1. The number of ether oxygens (including phenoxy) is 4.